The van der Waals surface area contributed by atoms with Crippen LogP contribution in [0.1, 0.15) is 27.7 Å². The predicted molar refractivity (Wildman–Crippen MR) is 105 cm³/mol. The number of aromatic nitrogens is 2. The molecular formula is C21H15ClFN3O2. The van der Waals surface area contributed by atoms with Crippen LogP contribution in [0.25, 0.3) is 10.9 Å². The molecule has 0 fully saturated rings. The van der Waals surface area contributed by atoms with Gasteiger partial charge in [0.05, 0.1) is 6.04 Å². The number of pyridine rings is 1. The summed E-state index contributed by atoms with van der Waals surface area (Å²) in [6.45, 7) is 0. The summed E-state index contributed by atoms with van der Waals surface area (Å²) in [4.78, 5) is 19.7. The average Bonchev–Trinajstić information content (AvgIpc) is 3.24. The van der Waals surface area contributed by atoms with Gasteiger partial charge in [-0.05, 0) is 36.4 Å². The summed E-state index contributed by atoms with van der Waals surface area (Å²) in [7, 11) is 0. The molecule has 0 bridgehead atoms. The summed E-state index contributed by atoms with van der Waals surface area (Å²) in [6.07, 6.45) is 3.18. The van der Waals surface area contributed by atoms with Crippen molar-refractivity contribution in [1.29, 1.82) is 0 Å². The Hall–Kier alpha value is -3.38. The van der Waals surface area contributed by atoms with Crippen molar-refractivity contribution in [2.45, 2.75) is 6.04 Å². The number of aromatic amines is 1. The van der Waals surface area contributed by atoms with Gasteiger partial charge in [0.15, 0.2) is 0 Å². The molecule has 1 unspecified atom stereocenters. The summed E-state index contributed by atoms with van der Waals surface area (Å²) in [6, 6.07) is 13.3. The molecule has 28 heavy (non-hydrogen) atoms. The van der Waals surface area contributed by atoms with Gasteiger partial charge in [0.25, 0.3) is 5.91 Å². The number of carbonyl (C=O) groups is 1. The van der Waals surface area contributed by atoms with Crippen LogP contribution in [-0.4, -0.2) is 21.0 Å². The maximum absolute atomic E-state index is 13.9. The Morgan fingerprint density at radius 1 is 1.14 bits per heavy atom. The van der Waals surface area contributed by atoms with Crippen LogP contribution < -0.4 is 5.32 Å². The molecule has 1 amide bonds. The number of nitrogens with zero attached hydrogens (tertiary/aromatic N) is 1. The van der Waals surface area contributed by atoms with Gasteiger partial charge in [0.2, 0.25) is 0 Å². The van der Waals surface area contributed by atoms with E-state index in [2.05, 4.69) is 15.3 Å². The van der Waals surface area contributed by atoms with Gasteiger partial charge in [0.1, 0.15) is 22.8 Å². The zero-order valence-corrected chi connectivity index (χ0v) is 15.2. The van der Waals surface area contributed by atoms with E-state index in [0.29, 0.717) is 22.3 Å². The quantitative estimate of drug-likeness (QED) is 0.473. The van der Waals surface area contributed by atoms with E-state index in [-0.39, 0.29) is 10.8 Å². The highest BCUT2D eigenvalue weighted by Crippen LogP contribution is 2.37. The number of rotatable bonds is 4. The van der Waals surface area contributed by atoms with Crippen LogP contribution in [0, 0.1) is 5.82 Å². The van der Waals surface area contributed by atoms with E-state index < -0.39 is 17.8 Å². The summed E-state index contributed by atoms with van der Waals surface area (Å²) in [5.74, 6) is -1.03. The van der Waals surface area contributed by atoms with Gasteiger partial charge in [-0.3, -0.25) is 9.78 Å². The van der Waals surface area contributed by atoms with Crippen molar-refractivity contribution >= 4 is 28.4 Å². The minimum absolute atomic E-state index is 0.102. The molecule has 2 aromatic heterocycles. The molecule has 0 aliphatic carbocycles. The second-order valence-electron chi connectivity index (χ2n) is 6.23. The number of fused-ring (bicyclic) bond motifs is 1. The zero-order valence-electron chi connectivity index (χ0n) is 14.5. The normalized spacial score (nSPS) is 12.1. The number of halogens is 2. The number of carbonyl (C=O) groups excluding carboxylic acids is 1. The smallest absolute Gasteiger partial charge is 0.268 e. The Morgan fingerprint density at radius 3 is 2.79 bits per heavy atom. The number of H-pyrrole nitrogens is 1. The topological polar surface area (TPSA) is 78.0 Å². The molecule has 1 atom stereocenters. The number of hydrogen-bond acceptors (Lipinski definition) is 3. The van der Waals surface area contributed by atoms with Crippen molar-refractivity contribution in [2.75, 3.05) is 0 Å². The fourth-order valence-electron chi connectivity index (χ4n) is 3.12. The molecular weight excluding hydrogens is 381 g/mol. The van der Waals surface area contributed by atoms with Crippen molar-refractivity contribution < 1.29 is 14.3 Å². The van der Waals surface area contributed by atoms with Gasteiger partial charge < -0.3 is 15.4 Å². The van der Waals surface area contributed by atoms with E-state index >= 15 is 0 Å². The highest BCUT2D eigenvalue weighted by atomic mass is 35.5. The maximum atomic E-state index is 13.9. The third-order valence-electron chi connectivity index (χ3n) is 4.48. The van der Waals surface area contributed by atoms with Gasteiger partial charge in [-0.1, -0.05) is 29.8 Å². The summed E-state index contributed by atoms with van der Waals surface area (Å²) in [5.41, 5.74) is 1.40. The number of benzene rings is 2. The monoisotopic (exact) mass is 395 g/mol. The summed E-state index contributed by atoms with van der Waals surface area (Å²) < 4.78 is 13.9. The molecule has 4 rings (SSSR count). The SMILES string of the molecule is O=C(NC(c1cc(F)ccc1Cl)c1ccc2cccnc2c1O)c1ccc[nH]1. The standard InChI is InChI=1S/C21H15ClFN3O2/c22-16-8-6-13(23)11-15(16)19(26-21(28)17-4-2-9-24-17)14-7-5-12-3-1-10-25-18(12)20(14)27/h1-11,19,24,27H,(H,26,28). The maximum Gasteiger partial charge on any atom is 0.268 e. The lowest BCUT2D eigenvalue weighted by atomic mass is 9.96. The van der Waals surface area contributed by atoms with Crippen molar-refractivity contribution in [2.24, 2.45) is 0 Å². The van der Waals surface area contributed by atoms with Gasteiger partial charge in [-0.15, -0.1) is 0 Å². The van der Waals surface area contributed by atoms with Crippen LogP contribution >= 0.6 is 11.6 Å². The number of phenolic OH excluding ortho intramolecular Hbond substituents is 1. The molecule has 4 aromatic rings. The van der Waals surface area contributed by atoms with Crippen LogP contribution in [0.4, 0.5) is 4.39 Å². The molecule has 0 aliphatic heterocycles. The number of phenols is 1. The lowest BCUT2D eigenvalue weighted by Crippen LogP contribution is -2.30. The lowest BCUT2D eigenvalue weighted by Gasteiger charge is -2.22. The minimum Gasteiger partial charge on any atom is -0.505 e. The largest absolute Gasteiger partial charge is 0.505 e. The first-order valence-electron chi connectivity index (χ1n) is 8.50. The number of aromatic hydroxyl groups is 1. The van der Waals surface area contributed by atoms with Crippen molar-refractivity contribution in [3.05, 3.63) is 94.7 Å². The molecule has 3 N–H and O–H groups in total. The van der Waals surface area contributed by atoms with Crippen LogP contribution in [-0.2, 0) is 0 Å². The molecule has 0 saturated carbocycles. The van der Waals surface area contributed by atoms with Crippen molar-refractivity contribution in [3.63, 3.8) is 0 Å². The minimum atomic E-state index is -0.884. The molecule has 0 spiro atoms. The molecule has 140 valence electrons. The van der Waals surface area contributed by atoms with E-state index in [4.69, 9.17) is 11.6 Å². The van der Waals surface area contributed by atoms with E-state index in [1.807, 2.05) is 6.07 Å². The summed E-state index contributed by atoms with van der Waals surface area (Å²) >= 11 is 6.30. The van der Waals surface area contributed by atoms with Crippen LogP contribution in [0.3, 0.4) is 0 Å². The highest BCUT2D eigenvalue weighted by molar-refractivity contribution is 6.31. The molecule has 0 radical (unpaired) electrons. The molecule has 0 saturated heterocycles. The lowest BCUT2D eigenvalue weighted by molar-refractivity contribution is 0.0938. The second kappa shape index (κ2) is 7.32. The first-order valence-corrected chi connectivity index (χ1v) is 8.88. The Morgan fingerprint density at radius 2 is 2.00 bits per heavy atom. The zero-order chi connectivity index (χ0) is 19.7. The van der Waals surface area contributed by atoms with E-state index in [0.717, 1.165) is 5.39 Å². The molecule has 2 heterocycles. The van der Waals surface area contributed by atoms with Crippen molar-refractivity contribution in [1.82, 2.24) is 15.3 Å². The van der Waals surface area contributed by atoms with Crippen LogP contribution in [0.5, 0.6) is 5.75 Å². The van der Waals surface area contributed by atoms with Gasteiger partial charge >= 0.3 is 0 Å². The van der Waals surface area contributed by atoms with E-state index in [1.165, 1.54) is 18.2 Å². The Balaban J connectivity index is 1.86. The molecule has 5 nitrogen and oxygen atoms in total. The predicted octanol–water partition coefficient (Wildman–Crippen LogP) is 4.58. The van der Waals surface area contributed by atoms with Crippen LogP contribution in [0.2, 0.25) is 5.02 Å². The molecule has 0 aliphatic rings. The fourth-order valence-corrected chi connectivity index (χ4v) is 3.34. The highest BCUT2D eigenvalue weighted by Gasteiger charge is 2.25. The van der Waals surface area contributed by atoms with Gasteiger partial charge in [0, 0.05) is 33.9 Å². The summed E-state index contributed by atoms with van der Waals surface area (Å²) in [5, 5.41) is 14.6. The molecule has 7 heteroatoms. The third-order valence-corrected chi connectivity index (χ3v) is 4.82. The average molecular weight is 396 g/mol. The Labute approximate surface area is 164 Å². The number of hydrogen-bond donors (Lipinski definition) is 3. The number of amides is 1. The first kappa shape index (κ1) is 18.0. The van der Waals surface area contributed by atoms with Crippen LogP contribution in [0.15, 0.2) is 67.0 Å². The third kappa shape index (κ3) is 3.30. The molecule has 2 aromatic carbocycles. The van der Waals surface area contributed by atoms with E-state index in [9.17, 15) is 14.3 Å². The van der Waals surface area contributed by atoms with E-state index in [1.54, 1.807) is 42.7 Å². The Bertz CT molecular complexity index is 1160. The Kier molecular flexibility index (Phi) is 4.71. The van der Waals surface area contributed by atoms with Gasteiger partial charge in [-0.2, -0.15) is 0 Å². The van der Waals surface area contributed by atoms with Gasteiger partial charge in [-0.25, -0.2) is 4.39 Å². The second-order valence-corrected chi connectivity index (χ2v) is 6.64. The fraction of sp³-hybridized carbons (Fsp3) is 0.0476. The number of nitrogens with one attached hydrogen (secondary N) is 2. The van der Waals surface area contributed by atoms with Crippen molar-refractivity contribution in [3.8, 4) is 5.75 Å². The first-order chi connectivity index (χ1) is 13.5.